The molecule has 0 aromatic carbocycles. The van der Waals surface area contributed by atoms with Crippen LogP contribution in [0, 0.1) is 17.3 Å². The quantitative estimate of drug-likeness (QED) is 0.740. The van der Waals surface area contributed by atoms with Crippen molar-refractivity contribution in [3.8, 4) is 0 Å². The summed E-state index contributed by atoms with van der Waals surface area (Å²) < 4.78 is 0. The van der Waals surface area contributed by atoms with Crippen molar-refractivity contribution in [2.24, 2.45) is 17.3 Å². The predicted molar refractivity (Wildman–Crippen MR) is 59.0 cm³/mol. The molecule has 1 unspecified atom stereocenters. The van der Waals surface area contributed by atoms with Crippen LogP contribution in [0.1, 0.15) is 47.0 Å². The molecule has 1 atom stereocenters. The number of hydrogen-bond acceptors (Lipinski definition) is 1. The van der Waals surface area contributed by atoms with Crippen LogP contribution in [0.2, 0.25) is 0 Å². The Bertz CT molecular complexity index is 208. The molecule has 0 bridgehead atoms. The van der Waals surface area contributed by atoms with Gasteiger partial charge in [-0.2, -0.15) is 0 Å². The molecule has 0 saturated heterocycles. The second-order valence-electron chi connectivity index (χ2n) is 5.48. The van der Waals surface area contributed by atoms with Crippen molar-refractivity contribution < 1.29 is 4.79 Å². The Balaban J connectivity index is 2.35. The van der Waals surface area contributed by atoms with Gasteiger partial charge in [-0.3, -0.25) is 4.79 Å². The minimum Gasteiger partial charge on any atom is -0.356 e. The molecule has 0 radical (unpaired) electrons. The van der Waals surface area contributed by atoms with Crippen LogP contribution in [0.3, 0.4) is 0 Å². The van der Waals surface area contributed by atoms with Gasteiger partial charge in [0.15, 0.2) is 0 Å². The fraction of sp³-hybridized carbons (Fsp3) is 0.917. The standard InChI is InChI=1S/C12H23NO/c1-9(2)11(14)13-8-10-6-5-7-12(10,3)4/h9-10H,5-8H2,1-4H3,(H,13,14). The minimum atomic E-state index is 0.111. The van der Waals surface area contributed by atoms with Gasteiger partial charge in [0.25, 0.3) is 0 Å². The molecule has 0 spiro atoms. The lowest BCUT2D eigenvalue weighted by atomic mass is 9.82. The van der Waals surface area contributed by atoms with Gasteiger partial charge in [0.2, 0.25) is 5.91 Å². The van der Waals surface area contributed by atoms with Gasteiger partial charge in [0, 0.05) is 12.5 Å². The van der Waals surface area contributed by atoms with Gasteiger partial charge in [0.1, 0.15) is 0 Å². The molecule has 1 fully saturated rings. The molecular weight excluding hydrogens is 174 g/mol. The summed E-state index contributed by atoms with van der Waals surface area (Å²) in [5.41, 5.74) is 0.421. The summed E-state index contributed by atoms with van der Waals surface area (Å²) in [7, 11) is 0. The van der Waals surface area contributed by atoms with E-state index in [2.05, 4.69) is 19.2 Å². The smallest absolute Gasteiger partial charge is 0.222 e. The Labute approximate surface area is 87.5 Å². The largest absolute Gasteiger partial charge is 0.356 e. The first-order valence-corrected chi connectivity index (χ1v) is 5.71. The molecule has 82 valence electrons. The monoisotopic (exact) mass is 197 g/mol. The van der Waals surface area contributed by atoms with Gasteiger partial charge in [0.05, 0.1) is 0 Å². The Morgan fingerprint density at radius 2 is 2.14 bits per heavy atom. The summed E-state index contributed by atoms with van der Waals surface area (Å²) >= 11 is 0. The zero-order valence-electron chi connectivity index (χ0n) is 9.89. The molecule has 0 aliphatic heterocycles. The van der Waals surface area contributed by atoms with Gasteiger partial charge in [-0.05, 0) is 24.2 Å². The van der Waals surface area contributed by atoms with Crippen molar-refractivity contribution >= 4 is 5.91 Å². The summed E-state index contributed by atoms with van der Waals surface area (Å²) in [6.07, 6.45) is 3.88. The zero-order chi connectivity index (χ0) is 10.8. The third-order valence-corrected chi connectivity index (χ3v) is 3.53. The van der Waals surface area contributed by atoms with Crippen molar-refractivity contribution in [1.29, 1.82) is 0 Å². The fourth-order valence-electron chi connectivity index (χ4n) is 2.21. The predicted octanol–water partition coefficient (Wildman–Crippen LogP) is 2.58. The number of carbonyl (C=O) groups excluding carboxylic acids is 1. The van der Waals surface area contributed by atoms with Crippen LogP contribution in [0.15, 0.2) is 0 Å². The average Bonchev–Trinajstić information content (AvgIpc) is 2.40. The lowest BCUT2D eigenvalue weighted by Crippen LogP contribution is -2.35. The van der Waals surface area contributed by atoms with E-state index in [0.717, 1.165) is 6.54 Å². The molecule has 0 heterocycles. The Kier molecular flexibility index (Phi) is 3.57. The summed E-state index contributed by atoms with van der Waals surface area (Å²) in [5, 5.41) is 3.04. The van der Waals surface area contributed by atoms with E-state index in [-0.39, 0.29) is 11.8 Å². The number of carbonyl (C=O) groups is 1. The van der Waals surface area contributed by atoms with Crippen LogP contribution in [-0.4, -0.2) is 12.5 Å². The zero-order valence-corrected chi connectivity index (χ0v) is 9.89. The van der Waals surface area contributed by atoms with Crippen molar-refractivity contribution in [2.75, 3.05) is 6.54 Å². The van der Waals surface area contributed by atoms with E-state index in [1.165, 1.54) is 19.3 Å². The molecule has 1 aliphatic rings. The van der Waals surface area contributed by atoms with Crippen molar-refractivity contribution in [3.05, 3.63) is 0 Å². The Hall–Kier alpha value is -0.530. The maximum absolute atomic E-state index is 11.4. The molecule has 0 aromatic heterocycles. The highest BCUT2D eigenvalue weighted by atomic mass is 16.1. The number of nitrogens with one attached hydrogen (secondary N) is 1. The van der Waals surface area contributed by atoms with Crippen LogP contribution < -0.4 is 5.32 Å². The van der Waals surface area contributed by atoms with E-state index in [1.807, 2.05) is 13.8 Å². The first-order valence-electron chi connectivity index (χ1n) is 5.71. The third kappa shape index (κ3) is 2.73. The summed E-state index contributed by atoms with van der Waals surface area (Å²) in [4.78, 5) is 11.4. The minimum absolute atomic E-state index is 0.111. The number of hydrogen-bond donors (Lipinski definition) is 1. The van der Waals surface area contributed by atoms with Crippen molar-refractivity contribution in [1.82, 2.24) is 5.32 Å². The van der Waals surface area contributed by atoms with Crippen LogP contribution in [-0.2, 0) is 4.79 Å². The summed E-state index contributed by atoms with van der Waals surface area (Å²) in [6.45, 7) is 9.37. The molecule has 1 aliphatic carbocycles. The molecular formula is C12H23NO. The highest BCUT2D eigenvalue weighted by Crippen LogP contribution is 2.41. The van der Waals surface area contributed by atoms with Gasteiger partial charge in [-0.15, -0.1) is 0 Å². The van der Waals surface area contributed by atoms with Gasteiger partial charge >= 0.3 is 0 Å². The van der Waals surface area contributed by atoms with Crippen molar-refractivity contribution in [2.45, 2.75) is 47.0 Å². The maximum Gasteiger partial charge on any atom is 0.222 e. The van der Waals surface area contributed by atoms with Crippen molar-refractivity contribution in [3.63, 3.8) is 0 Å². The van der Waals surface area contributed by atoms with Gasteiger partial charge in [-0.25, -0.2) is 0 Å². The SMILES string of the molecule is CC(C)C(=O)NCC1CCCC1(C)C. The van der Waals surface area contributed by atoms with E-state index < -0.39 is 0 Å². The third-order valence-electron chi connectivity index (χ3n) is 3.53. The summed E-state index contributed by atoms with van der Waals surface area (Å²) in [6, 6.07) is 0. The van der Waals surface area contributed by atoms with E-state index in [4.69, 9.17) is 0 Å². The van der Waals surface area contributed by atoms with Crippen LogP contribution in [0.25, 0.3) is 0 Å². The highest BCUT2D eigenvalue weighted by molar-refractivity contribution is 5.77. The molecule has 1 rings (SSSR count). The van der Waals surface area contributed by atoms with E-state index in [0.29, 0.717) is 11.3 Å². The second-order valence-corrected chi connectivity index (χ2v) is 5.48. The van der Waals surface area contributed by atoms with Crippen LogP contribution in [0.5, 0.6) is 0 Å². The maximum atomic E-state index is 11.4. The lowest BCUT2D eigenvalue weighted by Gasteiger charge is -2.27. The molecule has 2 nitrogen and oxygen atoms in total. The fourth-order valence-corrected chi connectivity index (χ4v) is 2.21. The van der Waals surface area contributed by atoms with Gasteiger partial charge in [-0.1, -0.05) is 34.1 Å². The van der Waals surface area contributed by atoms with Gasteiger partial charge < -0.3 is 5.32 Å². The molecule has 2 heteroatoms. The molecule has 1 amide bonds. The molecule has 1 saturated carbocycles. The molecule has 1 N–H and O–H groups in total. The van der Waals surface area contributed by atoms with Crippen LogP contribution >= 0.6 is 0 Å². The molecule has 0 aromatic rings. The first kappa shape index (κ1) is 11.5. The topological polar surface area (TPSA) is 29.1 Å². The lowest BCUT2D eigenvalue weighted by molar-refractivity contribution is -0.124. The Morgan fingerprint density at radius 3 is 2.57 bits per heavy atom. The van der Waals surface area contributed by atoms with E-state index in [1.54, 1.807) is 0 Å². The van der Waals surface area contributed by atoms with Crippen LogP contribution in [0.4, 0.5) is 0 Å². The second kappa shape index (κ2) is 4.33. The summed E-state index contributed by atoms with van der Waals surface area (Å²) in [5.74, 6) is 0.970. The Morgan fingerprint density at radius 1 is 1.50 bits per heavy atom. The normalized spacial score (nSPS) is 25.4. The highest BCUT2D eigenvalue weighted by Gasteiger charge is 2.34. The number of amides is 1. The van der Waals surface area contributed by atoms with E-state index >= 15 is 0 Å². The number of rotatable bonds is 3. The average molecular weight is 197 g/mol. The first-order chi connectivity index (χ1) is 6.43. The molecule has 14 heavy (non-hydrogen) atoms. The van der Waals surface area contributed by atoms with E-state index in [9.17, 15) is 4.79 Å².